The minimum atomic E-state index is -4.17. The van der Waals surface area contributed by atoms with Crippen LogP contribution < -0.4 is 0 Å². The minimum absolute atomic E-state index is 0.106. The molecule has 268 valence electrons. The molecule has 52 heavy (non-hydrogen) atoms. The molecule has 0 radical (unpaired) electrons. The van der Waals surface area contributed by atoms with Gasteiger partial charge in [0.15, 0.2) is 17.1 Å². The number of nitrogens with zero attached hydrogens (tertiary/aromatic N) is 4. The van der Waals surface area contributed by atoms with Crippen molar-refractivity contribution < 1.29 is 21.6 Å². The summed E-state index contributed by atoms with van der Waals surface area (Å²) in [7, 11) is -8.35. The van der Waals surface area contributed by atoms with E-state index in [2.05, 4.69) is 9.97 Å². The summed E-state index contributed by atoms with van der Waals surface area (Å²) in [6.45, 7) is 0. The first-order valence-electron chi connectivity index (χ1n) is 18.3. The summed E-state index contributed by atoms with van der Waals surface area (Å²) >= 11 is 0. The highest BCUT2D eigenvalue weighted by Crippen LogP contribution is 2.44. The van der Waals surface area contributed by atoms with Gasteiger partial charge in [-0.05, 0) is 85.3 Å². The average molecular weight is 735 g/mol. The molecule has 0 N–H and O–H groups in total. The molecule has 4 aromatic heterocycles. The fraction of sp³-hybridized carbons (Fsp3) is 0.341. The Morgan fingerprint density at radius 3 is 1.35 bits per heavy atom. The van der Waals surface area contributed by atoms with Crippen LogP contribution in [0.4, 0.5) is 0 Å². The lowest BCUT2D eigenvalue weighted by Gasteiger charge is -2.28. The number of benzene rings is 2. The minimum Gasteiger partial charge on any atom is -0.298 e. The zero-order valence-electron chi connectivity index (χ0n) is 28.9. The van der Waals surface area contributed by atoms with Gasteiger partial charge in [-0.1, -0.05) is 87.8 Å². The van der Waals surface area contributed by atoms with Crippen molar-refractivity contribution in [1.82, 2.24) is 17.9 Å². The smallest absolute Gasteiger partial charge is 0.269 e. The van der Waals surface area contributed by atoms with Crippen molar-refractivity contribution in [2.24, 2.45) is 11.8 Å². The molecule has 2 aliphatic rings. The first kappa shape index (κ1) is 34.5. The molecule has 6 aromatic rings. The Labute approximate surface area is 304 Å². The summed E-state index contributed by atoms with van der Waals surface area (Å²) in [5.41, 5.74) is 1.28. The molecular weight excluding hydrogens is 693 g/mol. The summed E-state index contributed by atoms with van der Waals surface area (Å²) < 4.78 is 60.9. The molecule has 2 aromatic carbocycles. The number of fused-ring (bicyclic) bond motifs is 2. The molecule has 2 saturated carbocycles. The summed E-state index contributed by atoms with van der Waals surface area (Å²) in [5, 5.41) is 1.25. The van der Waals surface area contributed by atoms with E-state index in [0.29, 0.717) is 35.0 Å². The number of rotatable bonds is 12. The molecule has 0 amide bonds. The Morgan fingerprint density at radius 2 is 0.962 bits per heavy atom. The predicted octanol–water partition coefficient (Wildman–Crippen LogP) is 8.46. The highest BCUT2D eigenvalue weighted by Gasteiger charge is 2.41. The number of ketones is 1. The number of aromatic nitrogens is 4. The van der Waals surface area contributed by atoms with E-state index < -0.39 is 31.9 Å². The van der Waals surface area contributed by atoms with E-state index >= 15 is 4.79 Å². The molecule has 9 nitrogen and oxygen atoms in total. The summed E-state index contributed by atoms with van der Waals surface area (Å²) in [6.07, 6.45) is 12.1. The molecular formula is C41H42N4O5S2. The van der Waals surface area contributed by atoms with Crippen molar-refractivity contribution in [1.29, 1.82) is 0 Å². The summed E-state index contributed by atoms with van der Waals surface area (Å²) in [4.78, 5) is 25.0. The van der Waals surface area contributed by atoms with Gasteiger partial charge >= 0.3 is 0 Å². The van der Waals surface area contributed by atoms with E-state index in [1.807, 2.05) is 24.3 Å². The van der Waals surface area contributed by atoms with Gasteiger partial charge in [0.2, 0.25) is 0 Å². The van der Waals surface area contributed by atoms with E-state index in [1.54, 1.807) is 85.2 Å². The first-order chi connectivity index (χ1) is 25.2. The number of carbonyl (C=O) groups excluding carboxylic acids is 1. The van der Waals surface area contributed by atoms with Crippen molar-refractivity contribution in [2.45, 2.75) is 85.8 Å². The number of hydrogen-bond donors (Lipinski definition) is 0. The molecule has 2 atom stereocenters. The molecule has 2 aliphatic carbocycles. The van der Waals surface area contributed by atoms with Crippen LogP contribution >= 0.6 is 0 Å². The molecule has 0 spiro atoms. The number of Topliss-reactive ketones (excluding diaryl/α,β-unsaturated/α-hetero) is 1. The molecule has 2 unspecified atom stereocenters. The first-order valence-corrected chi connectivity index (χ1v) is 21.2. The van der Waals surface area contributed by atoms with Crippen LogP contribution in [-0.2, 0) is 24.8 Å². The molecule has 0 saturated heterocycles. The molecule has 0 bridgehead atoms. The van der Waals surface area contributed by atoms with Gasteiger partial charge in [0.1, 0.15) is 0 Å². The fourth-order valence-corrected chi connectivity index (χ4v) is 11.7. The Hall–Kier alpha value is -4.61. The fourth-order valence-electron chi connectivity index (χ4n) is 8.62. The van der Waals surface area contributed by atoms with Crippen LogP contribution in [0.25, 0.3) is 22.1 Å². The van der Waals surface area contributed by atoms with Gasteiger partial charge in [0, 0.05) is 34.6 Å². The second-order valence-electron chi connectivity index (χ2n) is 14.4. The van der Waals surface area contributed by atoms with Gasteiger partial charge in [-0.3, -0.25) is 4.79 Å². The number of hydrogen-bond acceptors (Lipinski definition) is 7. The van der Waals surface area contributed by atoms with Gasteiger partial charge in [0.05, 0.1) is 21.6 Å². The van der Waals surface area contributed by atoms with Crippen molar-refractivity contribution in [3.8, 4) is 0 Å². The molecule has 8 rings (SSSR count). The lowest BCUT2D eigenvalue weighted by atomic mass is 9.78. The second kappa shape index (κ2) is 14.1. The maximum Gasteiger partial charge on any atom is 0.269 e. The predicted molar refractivity (Wildman–Crippen MR) is 201 cm³/mol. The van der Waals surface area contributed by atoms with Gasteiger partial charge in [-0.2, -0.15) is 0 Å². The Kier molecular flexibility index (Phi) is 9.33. The van der Waals surface area contributed by atoms with Crippen molar-refractivity contribution in [3.05, 3.63) is 121 Å². The average Bonchev–Trinajstić information content (AvgIpc) is 4.00. The quantitative estimate of drug-likeness (QED) is 0.124. The lowest BCUT2D eigenvalue weighted by Crippen LogP contribution is -2.30. The van der Waals surface area contributed by atoms with Crippen LogP contribution in [0.15, 0.2) is 119 Å². The van der Waals surface area contributed by atoms with Crippen LogP contribution in [0, 0.1) is 11.8 Å². The van der Waals surface area contributed by atoms with E-state index in [-0.39, 0.29) is 38.7 Å². The van der Waals surface area contributed by atoms with E-state index in [4.69, 9.17) is 0 Å². The second-order valence-corrected chi connectivity index (χ2v) is 18.0. The standard InChI is InChI=1S/C41H42N4O5S2/c46-39(35(25-29-13-7-8-14-29)37-27-31-17-11-23-42-40(31)44(37)51(47,48)33-19-3-1-4-20-33)36(26-30-15-9-10-16-30)38-28-32-18-12-24-43-41(32)45(38)52(49,50)34-21-5-2-6-22-34/h1-6,11-12,17-24,27-30,35-36H,7-10,13-16,25-26H2. The van der Waals surface area contributed by atoms with E-state index in [1.165, 1.54) is 7.94 Å². The van der Waals surface area contributed by atoms with E-state index in [9.17, 15) is 16.8 Å². The monoisotopic (exact) mass is 734 g/mol. The number of carbonyl (C=O) groups is 1. The Balaban J connectivity index is 1.35. The highest BCUT2D eigenvalue weighted by atomic mass is 32.2. The Bertz CT molecular complexity index is 2270. The van der Waals surface area contributed by atoms with Gasteiger partial charge in [-0.25, -0.2) is 34.7 Å². The Morgan fingerprint density at radius 1 is 0.577 bits per heavy atom. The third-order valence-corrected chi connectivity index (χ3v) is 14.6. The topological polar surface area (TPSA) is 121 Å². The van der Waals surface area contributed by atoms with Crippen molar-refractivity contribution >= 4 is 47.9 Å². The van der Waals surface area contributed by atoms with Crippen LogP contribution in [-0.4, -0.2) is 40.5 Å². The van der Waals surface area contributed by atoms with Gasteiger partial charge < -0.3 is 0 Å². The molecule has 4 heterocycles. The van der Waals surface area contributed by atoms with Crippen LogP contribution in [0.2, 0.25) is 0 Å². The highest BCUT2D eigenvalue weighted by molar-refractivity contribution is 7.90. The number of pyridine rings is 2. The van der Waals surface area contributed by atoms with E-state index in [0.717, 1.165) is 51.4 Å². The summed E-state index contributed by atoms with van der Waals surface area (Å²) in [5.74, 6) is -1.39. The maximum atomic E-state index is 15.7. The van der Waals surface area contributed by atoms with Crippen LogP contribution in [0.5, 0.6) is 0 Å². The molecule has 0 aliphatic heterocycles. The largest absolute Gasteiger partial charge is 0.298 e. The van der Waals surface area contributed by atoms with Crippen LogP contribution in [0.3, 0.4) is 0 Å². The third-order valence-electron chi connectivity index (χ3n) is 11.1. The zero-order valence-corrected chi connectivity index (χ0v) is 30.6. The zero-order chi connectivity index (χ0) is 35.9. The molecule has 2 fully saturated rings. The van der Waals surface area contributed by atoms with Crippen LogP contribution in [0.1, 0.15) is 87.4 Å². The normalized spacial score (nSPS) is 17.2. The van der Waals surface area contributed by atoms with Gasteiger partial charge in [0.25, 0.3) is 20.0 Å². The van der Waals surface area contributed by atoms with Crippen molar-refractivity contribution in [2.75, 3.05) is 0 Å². The summed E-state index contributed by atoms with van der Waals surface area (Å²) in [6, 6.07) is 27.3. The van der Waals surface area contributed by atoms with Gasteiger partial charge in [-0.15, -0.1) is 0 Å². The SMILES string of the molecule is O=C(C(CC1CCCC1)c1cc2cccnc2n1S(=O)(=O)c1ccccc1)C(CC1CCCC1)c1cc2cccnc2n1S(=O)(=O)c1ccccc1. The van der Waals surface area contributed by atoms with Crippen molar-refractivity contribution in [3.63, 3.8) is 0 Å². The third kappa shape index (κ3) is 6.27. The lowest BCUT2D eigenvalue weighted by molar-refractivity contribution is -0.123. The maximum absolute atomic E-state index is 15.7. The molecule has 11 heteroatoms.